The Labute approximate surface area is 198 Å². The monoisotopic (exact) mass is 462 g/mol. The van der Waals surface area contributed by atoms with Gasteiger partial charge in [0.15, 0.2) is 6.23 Å². The highest BCUT2D eigenvalue weighted by Gasteiger charge is 2.28. The second kappa shape index (κ2) is 8.83. The number of carbonyl (C=O) groups is 2. The van der Waals surface area contributed by atoms with Crippen LogP contribution in [0.15, 0.2) is 36.7 Å². The highest BCUT2D eigenvalue weighted by molar-refractivity contribution is 6.18. The van der Waals surface area contributed by atoms with E-state index in [-0.39, 0.29) is 17.7 Å². The summed E-state index contributed by atoms with van der Waals surface area (Å²) in [4.78, 5) is 30.7. The molecule has 5 rings (SSSR count). The number of fused-ring (bicyclic) bond motifs is 1. The number of nitrogens with one attached hydrogen (secondary N) is 1. The van der Waals surface area contributed by atoms with Crippen molar-refractivity contribution in [2.24, 2.45) is 0 Å². The maximum absolute atomic E-state index is 13.7. The van der Waals surface area contributed by atoms with E-state index in [2.05, 4.69) is 15.4 Å². The Morgan fingerprint density at radius 2 is 1.97 bits per heavy atom. The van der Waals surface area contributed by atoms with Crippen LogP contribution < -0.4 is 5.32 Å². The van der Waals surface area contributed by atoms with Crippen LogP contribution in [0, 0.1) is 0 Å². The van der Waals surface area contributed by atoms with Gasteiger partial charge in [-0.2, -0.15) is 5.10 Å². The van der Waals surface area contributed by atoms with E-state index in [1.54, 1.807) is 39.2 Å². The molecule has 0 radical (unpaired) electrons. The second-order valence-electron chi connectivity index (χ2n) is 10.0. The number of hydrogen-bond donors (Lipinski definition) is 1. The van der Waals surface area contributed by atoms with Crippen molar-refractivity contribution >= 4 is 28.5 Å². The molecule has 8 heteroatoms. The van der Waals surface area contributed by atoms with Gasteiger partial charge in [0, 0.05) is 23.8 Å². The maximum Gasteiger partial charge on any atom is 0.412 e. The largest absolute Gasteiger partial charge is 0.444 e. The molecule has 2 fully saturated rings. The van der Waals surface area contributed by atoms with E-state index in [9.17, 15) is 9.59 Å². The third-order valence-corrected chi connectivity index (χ3v) is 6.12. The number of benzene rings is 1. The highest BCUT2D eigenvalue weighted by atomic mass is 16.6. The zero-order valence-electron chi connectivity index (χ0n) is 19.8. The molecule has 1 saturated heterocycles. The molecule has 178 valence electrons. The van der Waals surface area contributed by atoms with E-state index in [0.717, 1.165) is 48.6 Å². The van der Waals surface area contributed by atoms with Crippen LogP contribution in [0.2, 0.25) is 0 Å². The highest BCUT2D eigenvalue weighted by Crippen LogP contribution is 2.41. The van der Waals surface area contributed by atoms with Gasteiger partial charge in [-0.25, -0.2) is 9.48 Å². The van der Waals surface area contributed by atoms with Gasteiger partial charge in [0.2, 0.25) is 5.78 Å². The van der Waals surface area contributed by atoms with Crippen LogP contribution in [-0.4, -0.2) is 38.8 Å². The van der Waals surface area contributed by atoms with Gasteiger partial charge in [0.1, 0.15) is 11.3 Å². The molecule has 1 amide bonds. The van der Waals surface area contributed by atoms with Crippen molar-refractivity contribution in [3.05, 3.63) is 53.5 Å². The number of anilines is 1. The average Bonchev–Trinajstić information content (AvgIpc) is 3.56. The lowest BCUT2D eigenvalue weighted by Gasteiger charge is -2.23. The smallest absolute Gasteiger partial charge is 0.412 e. The third kappa shape index (κ3) is 4.68. The van der Waals surface area contributed by atoms with Gasteiger partial charge in [0.25, 0.3) is 0 Å². The number of amides is 1. The molecule has 34 heavy (non-hydrogen) atoms. The summed E-state index contributed by atoms with van der Waals surface area (Å²) in [5.41, 5.74) is 2.24. The summed E-state index contributed by atoms with van der Waals surface area (Å²) >= 11 is 0. The lowest BCUT2D eigenvalue weighted by atomic mass is 10.0. The summed E-state index contributed by atoms with van der Waals surface area (Å²) in [5.74, 6) is 0.149. The van der Waals surface area contributed by atoms with Crippen molar-refractivity contribution in [3.8, 4) is 0 Å². The Morgan fingerprint density at radius 1 is 1.15 bits per heavy atom. The van der Waals surface area contributed by atoms with Gasteiger partial charge in [0.05, 0.1) is 17.4 Å². The quantitative estimate of drug-likeness (QED) is 0.497. The molecule has 3 aromatic rings. The van der Waals surface area contributed by atoms with Crippen LogP contribution in [-0.2, 0) is 9.47 Å². The predicted molar refractivity (Wildman–Crippen MR) is 128 cm³/mol. The molecule has 1 saturated carbocycles. The Morgan fingerprint density at radius 3 is 2.68 bits per heavy atom. The zero-order valence-corrected chi connectivity index (χ0v) is 19.8. The minimum atomic E-state index is -0.656. The molecule has 0 bridgehead atoms. The normalized spacial score (nSPS) is 18.6. The average molecular weight is 463 g/mol. The fraction of sp³-hybridized carbons (Fsp3) is 0.462. The molecule has 0 spiro atoms. The molecule has 1 N–H and O–H groups in total. The Bertz CT molecular complexity index is 1230. The number of carbonyl (C=O) groups excluding carboxylic acids is 2. The summed E-state index contributed by atoms with van der Waals surface area (Å²) in [6.07, 6.45) is 7.91. The first-order chi connectivity index (χ1) is 16.3. The number of ketones is 1. The molecule has 1 aromatic carbocycles. The van der Waals surface area contributed by atoms with Crippen molar-refractivity contribution in [1.82, 2.24) is 14.8 Å². The number of ether oxygens (including phenoxy) is 2. The van der Waals surface area contributed by atoms with E-state index in [1.165, 1.54) is 0 Å². The van der Waals surface area contributed by atoms with Crippen molar-refractivity contribution in [1.29, 1.82) is 0 Å². The molecule has 1 unspecified atom stereocenters. The molecular formula is C26H30N4O4. The van der Waals surface area contributed by atoms with Gasteiger partial charge < -0.3 is 9.47 Å². The summed E-state index contributed by atoms with van der Waals surface area (Å²) < 4.78 is 13.2. The van der Waals surface area contributed by atoms with Crippen molar-refractivity contribution in [2.45, 2.75) is 70.6 Å². The number of aromatic nitrogens is 3. The van der Waals surface area contributed by atoms with Crippen LogP contribution in [0.5, 0.6) is 0 Å². The maximum atomic E-state index is 13.7. The standard InChI is InChI=1S/C26H30N4O4/c1-26(2,3)34-25(32)29-20-13-17(16-10-11-16)14-27-23(20)24(31)18-7-6-8-21-19(18)15-28-30(21)22-9-4-5-12-33-22/h6-8,13-16,22H,4-5,9-12H2,1-3H3,(H,29,32). The van der Waals surface area contributed by atoms with Crippen LogP contribution in [0.25, 0.3) is 10.9 Å². The van der Waals surface area contributed by atoms with Crippen molar-refractivity contribution in [3.63, 3.8) is 0 Å². The first-order valence-corrected chi connectivity index (χ1v) is 11.9. The Hall–Kier alpha value is -3.26. The molecule has 3 heterocycles. The van der Waals surface area contributed by atoms with Gasteiger partial charge in [-0.15, -0.1) is 0 Å². The molecule has 1 aliphatic carbocycles. The molecule has 1 aliphatic heterocycles. The fourth-order valence-electron chi connectivity index (χ4n) is 4.35. The summed E-state index contributed by atoms with van der Waals surface area (Å²) in [6, 6.07) is 7.41. The molecule has 8 nitrogen and oxygen atoms in total. The predicted octanol–water partition coefficient (Wildman–Crippen LogP) is 5.59. The van der Waals surface area contributed by atoms with E-state index in [4.69, 9.17) is 9.47 Å². The van der Waals surface area contributed by atoms with Crippen molar-refractivity contribution in [2.75, 3.05) is 11.9 Å². The van der Waals surface area contributed by atoms with Gasteiger partial charge in [-0.1, -0.05) is 12.1 Å². The number of rotatable bonds is 5. The van der Waals surface area contributed by atoms with E-state index >= 15 is 0 Å². The number of hydrogen-bond acceptors (Lipinski definition) is 6. The van der Waals surface area contributed by atoms with E-state index < -0.39 is 11.7 Å². The SMILES string of the molecule is CC(C)(C)OC(=O)Nc1cc(C2CC2)cnc1C(=O)c1cccc2c1cnn2C1CCCCO1. The lowest BCUT2D eigenvalue weighted by Crippen LogP contribution is -2.28. The van der Waals surface area contributed by atoms with Crippen LogP contribution in [0.4, 0.5) is 10.5 Å². The summed E-state index contributed by atoms with van der Waals surface area (Å²) in [7, 11) is 0. The fourth-order valence-corrected chi connectivity index (χ4v) is 4.35. The minimum absolute atomic E-state index is 0.128. The van der Waals surface area contributed by atoms with Gasteiger partial charge in [-0.05, 0) is 76.5 Å². The minimum Gasteiger partial charge on any atom is -0.444 e. The Balaban J connectivity index is 1.50. The second-order valence-corrected chi connectivity index (χ2v) is 10.0. The molecule has 1 atom stereocenters. The Kier molecular flexibility index (Phi) is 5.85. The van der Waals surface area contributed by atoms with Gasteiger partial charge in [-0.3, -0.25) is 15.1 Å². The molecule has 2 aromatic heterocycles. The first-order valence-electron chi connectivity index (χ1n) is 11.9. The molecule has 2 aliphatic rings. The first kappa shape index (κ1) is 22.5. The van der Waals surface area contributed by atoms with Crippen LogP contribution in [0.3, 0.4) is 0 Å². The summed E-state index contributed by atoms with van der Waals surface area (Å²) in [6.45, 7) is 6.10. The zero-order chi connectivity index (χ0) is 23.9. The lowest BCUT2D eigenvalue weighted by molar-refractivity contribution is -0.0366. The number of pyridine rings is 1. The van der Waals surface area contributed by atoms with Crippen LogP contribution >= 0.6 is 0 Å². The number of nitrogens with zero attached hydrogens (tertiary/aromatic N) is 3. The van der Waals surface area contributed by atoms with E-state index in [0.29, 0.717) is 23.8 Å². The van der Waals surface area contributed by atoms with Crippen molar-refractivity contribution < 1.29 is 19.1 Å². The van der Waals surface area contributed by atoms with Gasteiger partial charge >= 0.3 is 6.09 Å². The topological polar surface area (TPSA) is 95.3 Å². The van der Waals surface area contributed by atoms with Crippen LogP contribution in [0.1, 0.15) is 86.6 Å². The molecular weight excluding hydrogens is 432 g/mol. The summed E-state index contributed by atoms with van der Waals surface area (Å²) in [5, 5.41) is 8.04. The third-order valence-electron chi connectivity index (χ3n) is 6.12. The van der Waals surface area contributed by atoms with E-state index in [1.807, 2.05) is 22.9 Å².